The molecule has 0 spiro atoms. The number of hydrogen-bond acceptors (Lipinski definition) is 6. The maximum atomic E-state index is 12.7. The molecule has 1 aromatic carbocycles. The number of carbonyl (C=O) groups is 2. The third-order valence-electron chi connectivity index (χ3n) is 2.53. The molecule has 0 fully saturated rings. The van der Waals surface area contributed by atoms with Crippen molar-refractivity contribution in [3.63, 3.8) is 0 Å². The summed E-state index contributed by atoms with van der Waals surface area (Å²) in [5, 5.41) is 4.58. The number of aromatic nitrogens is 1. The van der Waals surface area contributed by atoms with Crippen LogP contribution in [0.2, 0.25) is 0 Å². The van der Waals surface area contributed by atoms with Gasteiger partial charge in [0.25, 0.3) is 5.91 Å². The summed E-state index contributed by atoms with van der Waals surface area (Å²) in [5.74, 6) is -0.786. The Labute approximate surface area is 129 Å². The van der Waals surface area contributed by atoms with Crippen LogP contribution < -0.4 is 10.1 Å². The van der Waals surface area contributed by atoms with Gasteiger partial charge in [-0.25, -0.2) is 9.37 Å². The van der Waals surface area contributed by atoms with Crippen molar-refractivity contribution < 1.29 is 23.5 Å². The molecule has 1 amide bonds. The van der Waals surface area contributed by atoms with Crippen molar-refractivity contribution in [1.29, 1.82) is 0 Å². The molecule has 22 heavy (non-hydrogen) atoms. The second-order valence-electron chi connectivity index (χ2n) is 4.19. The molecule has 8 heteroatoms. The first-order valence-electron chi connectivity index (χ1n) is 6.26. The van der Waals surface area contributed by atoms with Crippen molar-refractivity contribution in [3.8, 4) is 5.75 Å². The Kier molecular flexibility index (Phi) is 5.42. The molecule has 0 saturated heterocycles. The molecule has 0 unspecified atom stereocenters. The van der Waals surface area contributed by atoms with E-state index >= 15 is 0 Å². The average Bonchev–Trinajstić information content (AvgIpc) is 2.93. The number of methoxy groups -OCH3 is 1. The van der Waals surface area contributed by atoms with Crippen molar-refractivity contribution in [2.24, 2.45) is 0 Å². The van der Waals surface area contributed by atoms with E-state index in [2.05, 4.69) is 15.0 Å². The Hall–Kier alpha value is -2.48. The molecule has 6 nitrogen and oxygen atoms in total. The summed E-state index contributed by atoms with van der Waals surface area (Å²) in [6.45, 7) is -0.225. The van der Waals surface area contributed by atoms with Crippen LogP contribution in [-0.4, -0.2) is 30.6 Å². The molecule has 0 aliphatic heterocycles. The molecule has 0 radical (unpaired) electrons. The van der Waals surface area contributed by atoms with Gasteiger partial charge in [0.1, 0.15) is 11.6 Å². The van der Waals surface area contributed by atoms with E-state index in [1.165, 1.54) is 42.7 Å². The van der Waals surface area contributed by atoms with Gasteiger partial charge >= 0.3 is 5.97 Å². The monoisotopic (exact) mass is 324 g/mol. The lowest BCUT2D eigenvalue weighted by atomic mass is 10.3. The van der Waals surface area contributed by atoms with Crippen LogP contribution in [0.25, 0.3) is 0 Å². The molecule has 1 heterocycles. The van der Waals surface area contributed by atoms with Gasteiger partial charge in [-0.15, -0.1) is 11.3 Å². The van der Waals surface area contributed by atoms with E-state index < -0.39 is 11.9 Å². The number of nitrogens with one attached hydrogen (secondary N) is 1. The highest BCUT2D eigenvalue weighted by Crippen LogP contribution is 2.16. The predicted molar refractivity (Wildman–Crippen MR) is 78.4 cm³/mol. The van der Waals surface area contributed by atoms with Crippen LogP contribution in [-0.2, 0) is 20.7 Å². The van der Waals surface area contributed by atoms with Crippen LogP contribution in [0.3, 0.4) is 0 Å². The van der Waals surface area contributed by atoms with Gasteiger partial charge in [-0.05, 0) is 24.3 Å². The van der Waals surface area contributed by atoms with Crippen LogP contribution in [0.15, 0.2) is 29.6 Å². The molecule has 2 aromatic rings. The number of thiazole rings is 1. The Bertz CT molecular complexity index is 657. The summed E-state index contributed by atoms with van der Waals surface area (Å²) in [7, 11) is 1.30. The molecule has 0 bridgehead atoms. The normalized spacial score (nSPS) is 10.1. The van der Waals surface area contributed by atoms with Crippen molar-refractivity contribution >= 4 is 28.3 Å². The van der Waals surface area contributed by atoms with Crippen molar-refractivity contribution in [2.45, 2.75) is 6.42 Å². The first kappa shape index (κ1) is 15.9. The standard InChI is InChI=1S/C14H13FN2O4S/c1-20-13(19)6-10-8-22-14(16-10)17-12(18)7-21-11-4-2-9(15)3-5-11/h2-5,8H,6-7H2,1H3,(H,16,17,18). The van der Waals surface area contributed by atoms with Gasteiger partial charge in [-0.2, -0.15) is 0 Å². The highest BCUT2D eigenvalue weighted by Gasteiger charge is 2.10. The van der Waals surface area contributed by atoms with Crippen LogP contribution in [0, 0.1) is 5.82 Å². The molecule has 2 rings (SSSR count). The van der Waals surface area contributed by atoms with Gasteiger partial charge in [-0.1, -0.05) is 0 Å². The zero-order valence-electron chi connectivity index (χ0n) is 11.7. The Morgan fingerprint density at radius 1 is 1.32 bits per heavy atom. The highest BCUT2D eigenvalue weighted by molar-refractivity contribution is 7.13. The second-order valence-corrected chi connectivity index (χ2v) is 5.05. The van der Waals surface area contributed by atoms with Gasteiger partial charge in [0.05, 0.1) is 19.2 Å². The Balaban J connectivity index is 1.81. The lowest BCUT2D eigenvalue weighted by molar-refractivity contribution is -0.139. The summed E-state index contributed by atoms with van der Waals surface area (Å²) in [6, 6.07) is 5.35. The molecular weight excluding hydrogens is 311 g/mol. The smallest absolute Gasteiger partial charge is 0.311 e. The molecule has 0 aliphatic rings. The van der Waals surface area contributed by atoms with Gasteiger partial charge in [0, 0.05) is 5.38 Å². The maximum Gasteiger partial charge on any atom is 0.311 e. The van der Waals surface area contributed by atoms with Gasteiger partial charge in [0.2, 0.25) is 0 Å². The van der Waals surface area contributed by atoms with E-state index in [0.29, 0.717) is 16.6 Å². The van der Waals surface area contributed by atoms with Gasteiger partial charge < -0.3 is 9.47 Å². The van der Waals surface area contributed by atoms with E-state index in [4.69, 9.17) is 4.74 Å². The summed E-state index contributed by atoms with van der Waals surface area (Å²) < 4.78 is 22.5. The Morgan fingerprint density at radius 3 is 2.73 bits per heavy atom. The molecule has 1 N–H and O–H groups in total. The topological polar surface area (TPSA) is 77.5 Å². The third-order valence-corrected chi connectivity index (χ3v) is 3.34. The minimum Gasteiger partial charge on any atom is -0.484 e. The number of ether oxygens (including phenoxy) is 2. The van der Waals surface area contributed by atoms with E-state index in [9.17, 15) is 14.0 Å². The Morgan fingerprint density at radius 2 is 2.05 bits per heavy atom. The quantitative estimate of drug-likeness (QED) is 0.823. The van der Waals surface area contributed by atoms with E-state index in [-0.39, 0.29) is 18.8 Å². The van der Waals surface area contributed by atoms with E-state index in [0.717, 1.165) is 0 Å². The van der Waals surface area contributed by atoms with E-state index in [1.807, 2.05) is 0 Å². The van der Waals surface area contributed by atoms with Crippen LogP contribution in [0.5, 0.6) is 5.75 Å². The zero-order valence-corrected chi connectivity index (χ0v) is 12.5. The lowest BCUT2D eigenvalue weighted by Crippen LogP contribution is -2.20. The highest BCUT2D eigenvalue weighted by atomic mass is 32.1. The molecular formula is C14H13FN2O4S. The average molecular weight is 324 g/mol. The second kappa shape index (κ2) is 7.51. The molecule has 0 saturated carbocycles. The van der Waals surface area contributed by atoms with Gasteiger partial charge in [-0.3, -0.25) is 14.9 Å². The fourth-order valence-electron chi connectivity index (χ4n) is 1.50. The number of benzene rings is 1. The maximum absolute atomic E-state index is 12.7. The fraction of sp³-hybridized carbons (Fsp3) is 0.214. The number of anilines is 1. The van der Waals surface area contributed by atoms with Crippen molar-refractivity contribution in [1.82, 2.24) is 4.98 Å². The first-order valence-corrected chi connectivity index (χ1v) is 7.14. The number of esters is 1. The summed E-state index contributed by atoms with van der Waals surface area (Å²) in [4.78, 5) is 26.9. The number of hydrogen-bond donors (Lipinski definition) is 1. The summed E-state index contributed by atoms with van der Waals surface area (Å²) in [6.07, 6.45) is 0.0505. The number of rotatable bonds is 6. The lowest BCUT2D eigenvalue weighted by Gasteiger charge is -2.05. The SMILES string of the molecule is COC(=O)Cc1csc(NC(=O)COc2ccc(F)cc2)n1. The minimum absolute atomic E-state index is 0.0505. The van der Waals surface area contributed by atoms with Crippen LogP contribution >= 0.6 is 11.3 Å². The van der Waals surface area contributed by atoms with Crippen LogP contribution in [0.4, 0.5) is 9.52 Å². The largest absolute Gasteiger partial charge is 0.484 e. The fourth-order valence-corrected chi connectivity index (χ4v) is 2.23. The molecule has 1 aromatic heterocycles. The number of halogens is 1. The zero-order chi connectivity index (χ0) is 15.9. The van der Waals surface area contributed by atoms with Gasteiger partial charge in [0.15, 0.2) is 11.7 Å². The molecule has 116 valence electrons. The molecule has 0 aliphatic carbocycles. The number of nitrogens with zero attached hydrogens (tertiary/aromatic N) is 1. The molecule has 0 atom stereocenters. The number of carbonyl (C=O) groups excluding carboxylic acids is 2. The summed E-state index contributed by atoms with van der Waals surface area (Å²) in [5.41, 5.74) is 0.520. The summed E-state index contributed by atoms with van der Waals surface area (Å²) >= 11 is 1.20. The predicted octanol–water partition coefficient (Wildman–Crippen LogP) is 2.02. The van der Waals surface area contributed by atoms with E-state index in [1.54, 1.807) is 5.38 Å². The third kappa shape index (κ3) is 4.81. The minimum atomic E-state index is -0.400. The first-order chi connectivity index (χ1) is 10.6. The van der Waals surface area contributed by atoms with Crippen molar-refractivity contribution in [3.05, 3.63) is 41.2 Å². The van der Waals surface area contributed by atoms with Crippen LogP contribution in [0.1, 0.15) is 5.69 Å². The van der Waals surface area contributed by atoms with Crippen molar-refractivity contribution in [2.75, 3.05) is 19.0 Å². The number of amides is 1.